The number of fused-ring (bicyclic) bond motifs is 2. The van der Waals surface area contributed by atoms with E-state index >= 15 is 0 Å². The highest BCUT2D eigenvalue weighted by molar-refractivity contribution is 8.00. The largest absolute Gasteiger partial charge is 0.486 e. The Bertz CT molecular complexity index is 868. The number of nitrogens with one attached hydrogen (secondary N) is 2. The van der Waals surface area contributed by atoms with Crippen molar-refractivity contribution >= 4 is 35.0 Å². The Hall–Kier alpha value is -2.67. The van der Waals surface area contributed by atoms with Gasteiger partial charge in [-0.05, 0) is 37.3 Å². The number of carbonyl (C=O) groups excluding carboxylic acids is 2. The molecule has 0 aromatic heterocycles. The highest BCUT2D eigenvalue weighted by Crippen LogP contribution is 2.36. The molecule has 0 unspecified atom stereocenters. The van der Waals surface area contributed by atoms with Crippen LogP contribution in [0.2, 0.25) is 0 Å². The second-order valence-corrected chi connectivity index (χ2v) is 7.16. The third-order valence-electron chi connectivity index (χ3n) is 3.97. The Kier molecular flexibility index (Phi) is 4.01. The van der Waals surface area contributed by atoms with Crippen molar-refractivity contribution < 1.29 is 19.1 Å². The van der Waals surface area contributed by atoms with E-state index in [-0.39, 0.29) is 17.1 Å². The van der Waals surface area contributed by atoms with Gasteiger partial charge in [-0.3, -0.25) is 9.59 Å². The molecule has 2 aromatic rings. The van der Waals surface area contributed by atoms with Crippen LogP contribution in [-0.2, 0) is 4.79 Å². The number of ether oxygens (including phenoxy) is 2. The van der Waals surface area contributed by atoms with Crippen LogP contribution in [0, 0.1) is 0 Å². The normalized spacial score (nSPS) is 18.1. The van der Waals surface area contributed by atoms with E-state index in [4.69, 9.17) is 9.47 Å². The second kappa shape index (κ2) is 6.33. The molecular weight excluding hydrogens is 340 g/mol. The van der Waals surface area contributed by atoms with Gasteiger partial charge in [-0.1, -0.05) is 0 Å². The molecular formula is C18H16N2O4S. The number of anilines is 2. The Morgan fingerprint density at radius 2 is 1.96 bits per heavy atom. The number of benzene rings is 2. The summed E-state index contributed by atoms with van der Waals surface area (Å²) < 4.78 is 11.0. The third kappa shape index (κ3) is 3.15. The van der Waals surface area contributed by atoms with E-state index in [2.05, 4.69) is 10.6 Å². The van der Waals surface area contributed by atoms with Gasteiger partial charge in [-0.25, -0.2) is 0 Å². The smallest absolute Gasteiger partial charge is 0.255 e. The summed E-state index contributed by atoms with van der Waals surface area (Å²) in [6, 6.07) is 10.6. The molecule has 0 fully saturated rings. The van der Waals surface area contributed by atoms with Crippen molar-refractivity contribution in [3.63, 3.8) is 0 Å². The Morgan fingerprint density at radius 3 is 2.80 bits per heavy atom. The van der Waals surface area contributed by atoms with Crippen LogP contribution >= 0.6 is 11.8 Å². The minimum Gasteiger partial charge on any atom is -0.486 e. The maximum Gasteiger partial charge on any atom is 0.255 e. The molecule has 0 spiro atoms. The van der Waals surface area contributed by atoms with Crippen molar-refractivity contribution in [3.05, 3.63) is 42.0 Å². The van der Waals surface area contributed by atoms with E-state index in [0.29, 0.717) is 41.7 Å². The van der Waals surface area contributed by atoms with Crippen LogP contribution in [0.5, 0.6) is 11.5 Å². The van der Waals surface area contributed by atoms with Crippen molar-refractivity contribution in [2.45, 2.75) is 17.1 Å². The molecule has 2 amide bonds. The first-order valence-electron chi connectivity index (χ1n) is 7.93. The molecule has 4 rings (SSSR count). The fourth-order valence-electron chi connectivity index (χ4n) is 2.67. The first-order valence-corrected chi connectivity index (χ1v) is 8.81. The Labute approximate surface area is 148 Å². The van der Waals surface area contributed by atoms with Crippen molar-refractivity contribution in [3.8, 4) is 11.5 Å². The summed E-state index contributed by atoms with van der Waals surface area (Å²) in [5, 5.41) is 5.54. The molecule has 1 atom stereocenters. The molecule has 0 saturated carbocycles. The molecule has 25 heavy (non-hydrogen) atoms. The molecule has 2 aromatic carbocycles. The van der Waals surface area contributed by atoms with Gasteiger partial charge in [0.25, 0.3) is 5.91 Å². The van der Waals surface area contributed by atoms with Gasteiger partial charge in [0, 0.05) is 22.2 Å². The number of carbonyl (C=O) groups is 2. The van der Waals surface area contributed by atoms with Gasteiger partial charge >= 0.3 is 0 Å². The zero-order valence-corrected chi connectivity index (χ0v) is 14.3. The Balaban J connectivity index is 1.54. The molecule has 6 nitrogen and oxygen atoms in total. The lowest BCUT2D eigenvalue weighted by Crippen LogP contribution is -2.26. The van der Waals surface area contributed by atoms with Crippen LogP contribution in [0.15, 0.2) is 41.3 Å². The SMILES string of the molecule is C[C@@H]1Sc2ccc(C(=O)Nc3ccc4c(c3)OCCO4)cc2NC1=O. The van der Waals surface area contributed by atoms with Crippen molar-refractivity contribution in [2.75, 3.05) is 23.8 Å². The second-order valence-electron chi connectivity index (χ2n) is 5.77. The van der Waals surface area contributed by atoms with Crippen LogP contribution in [0.3, 0.4) is 0 Å². The molecule has 0 saturated heterocycles. The van der Waals surface area contributed by atoms with Crippen LogP contribution in [0.4, 0.5) is 11.4 Å². The molecule has 2 heterocycles. The van der Waals surface area contributed by atoms with Crippen LogP contribution in [0.25, 0.3) is 0 Å². The van der Waals surface area contributed by atoms with Gasteiger partial charge in [0.2, 0.25) is 5.91 Å². The van der Waals surface area contributed by atoms with E-state index < -0.39 is 0 Å². The standard InChI is InChI=1S/C18H16N2O4S/c1-10-17(21)20-13-8-11(2-5-16(13)25-10)18(22)19-12-3-4-14-15(9-12)24-7-6-23-14/h2-5,8-10H,6-7H2,1H3,(H,19,22)(H,20,21)/t10-/m0/s1. The van der Waals surface area contributed by atoms with Gasteiger partial charge in [0.15, 0.2) is 11.5 Å². The topological polar surface area (TPSA) is 76.7 Å². The zero-order chi connectivity index (χ0) is 17.4. The van der Waals surface area contributed by atoms with E-state index in [1.54, 1.807) is 30.3 Å². The summed E-state index contributed by atoms with van der Waals surface area (Å²) in [6.07, 6.45) is 0. The summed E-state index contributed by atoms with van der Waals surface area (Å²) in [5.41, 5.74) is 1.77. The number of rotatable bonds is 2. The maximum atomic E-state index is 12.5. The molecule has 128 valence electrons. The summed E-state index contributed by atoms with van der Waals surface area (Å²) in [5.74, 6) is 0.985. The fourth-order valence-corrected chi connectivity index (χ4v) is 3.60. The molecule has 2 aliphatic heterocycles. The summed E-state index contributed by atoms with van der Waals surface area (Å²) >= 11 is 1.49. The first kappa shape index (κ1) is 15.8. The predicted molar refractivity (Wildman–Crippen MR) is 95.8 cm³/mol. The monoisotopic (exact) mass is 356 g/mol. The van der Waals surface area contributed by atoms with Crippen molar-refractivity contribution in [1.82, 2.24) is 0 Å². The fraction of sp³-hybridized carbons (Fsp3) is 0.222. The summed E-state index contributed by atoms with van der Waals surface area (Å²) in [4.78, 5) is 25.3. The summed E-state index contributed by atoms with van der Waals surface area (Å²) in [7, 11) is 0. The quantitative estimate of drug-likeness (QED) is 0.864. The number of hydrogen-bond acceptors (Lipinski definition) is 5. The van der Waals surface area contributed by atoms with Gasteiger partial charge in [0.05, 0.1) is 10.9 Å². The van der Waals surface area contributed by atoms with E-state index in [1.807, 2.05) is 13.0 Å². The first-order chi connectivity index (χ1) is 12.1. The van der Waals surface area contributed by atoms with Crippen LogP contribution < -0.4 is 20.1 Å². The van der Waals surface area contributed by atoms with E-state index in [1.165, 1.54) is 11.8 Å². The Morgan fingerprint density at radius 1 is 1.16 bits per heavy atom. The zero-order valence-electron chi connectivity index (χ0n) is 13.5. The van der Waals surface area contributed by atoms with Crippen molar-refractivity contribution in [2.24, 2.45) is 0 Å². The summed E-state index contributed by atoms with van der Waals surface area (Å²) in [6.45, 7) is 2.87. The minimum absolute atomic E-state index is 0.0538. The lowest BCUT2D eigenvalue weighted by Gasteiger charge is -2.22. The molecule has 7 heteroatoms. The van der Waals surface area contributed by atoms with Gasteiger partial charge in [-0.2, -0.15) is 0 Å². The molecule has 0 aliphatic carbocycles. The van der Waals surface area contributed by atoms with Crippen LogP contribution in [0.1, 0.15) is 17.3 Å². The van der Waals surface area contributed by atoms with Gasteiger partial charge in [0.1, 0.15) is 13.2 Å². The van der Waals surface area contributed by atoms with E-state index in [0.717, 1.165) is 4.90 Å². The number of hydrogen-bond donors (Lipinski definition) is 2. The third-order valence-corrected chi connectivity index (χ3v) is 5.15. The molecule has 2 N–H and O–H groups in total. The van der Waals surface area contributed by atoms with Crippen LogP contribution in [-0.4, -0.2) is 30.3 Å². The number of amides is 2. The molecule has 0 bridgehead atoms. The maximum absolute atomic E-state index is 12.5. The highest BCUT2D eigenvalue weighted by Gasteiger charge is 2.24. The van der Waals surface area contributed by atoms with Gasteiger partial charge in [-0.15, -0.1) is 11.8 Å². The van der Waals surface area contributed by atoms with Gasteiger partial charge < -0.3 is 20.1 Å². The average molecular weight is 356 g/mol. The molecule has 2 aliphatic rings. The minimum atomic E-state index is -0.252. The lowest BCUT2D eigenvalue weighted by atomic mass is 10.1. The van der Waals surface area contributed by atoms with Crippen molar-refractivity contribution in [1.29, 1.82) is 0 Å². The predicted octanol–water partition coefficient (Wildman–Crippen LogP) is 3.14. The average Bonchev–Trinajstić information content (AvgIpc) is 2.62. The lowest BCUT2D eigenvalue weighted by molar-refractivity contribution is -0.115. The highest BCUT2D eigenvalue weighted by atomic mass is 32.2. The molecule has 0 radical (unpaired) electrons. The van der Waals surface area contributed by atoms with E-state index in [9.17, 15) is 9.59 Å². The number of thioether (sulfide) groups is 1.